The van der Waals surface area contributed by atoms with Crippen molar-refractivity contribution in [3.8, 4) is 0 Å². The summed E-state index contributed by atoms with van der Waals surface area (Å²) in [5.41, 5.74) is 0.400. The lowest BCUT2D eigenvalue weighted by Gasteiger charge is -2.22. The maximum atomic E-state index is 13.1. The Labute approximate surface area is 152 Å². The smallest absolute Gasteiger partial charge is 0.261 e. The van der Waals surface area contributed by atoms with E-state index in [9.17, 15) is 22.8 Å². The third-order valence-electron chi connectivity index (χ3n) is 4.06. The van der Waals surface area contributed by atoms with Gasteiger partial charge in [-0.2, -0.15) is 0 Å². The van der Waals surface area contributed by atoms with Gasteiger partial charge in [0.05, 0.1) is 23.8 Å². The van der Waals surface area contributed by atoms with Crippen molar-refractivity contribution in [1.82, 2.24) is 9.55 Å². The first-order chi connectivity index (χ1) is 13.0. The minimum atomic E-state index is -2.75. The lowest BCUT2D eigenvalue weighted by atomic mass is 10.2. The average Bonchev–Trinajstić information content (AvgIpc) is 2.66. The molecule has 0 N–H and O–H groups in total. The lowest BCUT2D eigenvalue weighted by Crippen LogP contribution is -2.36. The zero-order valence-electron chi connectivity index (χ0n) is 14.2. The molecule has 0 spiro atoms. The van der Waals surface area contributed by atoms with Crippen molar-refractivity contribution < 1.29 is 18.0 Å². The summed E-state index contributed by atoms with van der Waals surface area (Å²) >= 11 is 0. The molecule has 1 heterocycles. The van der Waals surface area contributed by atoms with E-state index in [1.54, 1.807) is 24.3 Å². The largest absolute Gasteiger partial charge is 0.307 e. The van der Waals surface area contributed by atoms with Crippen LogP contribution in [0.25, 0.3) is 10.9 Å². The molecular formula is C19H16F3N3O2. The molecule has 1 aromatic heterocycles. The molecule has 5 nitrogen and oxygen atoms in total. The summed E-state index contributed by atoms with van der Waals surface area (Å²) in [5.74, 6) is -1.13. The highest BCUT2D eigenvalue weighted by atomic mass is 19.3. The number of para-hydroxylation sites is 1. The van der Waals surface area contributed by atoms with Crippen LogP contribution in [-0.2, 0) is 11.3 Å². The van der Waals surface area contributed by atoms with E-state index >= 15 is 0 Å². The molecule has 0 bridgehead atoms. The van der Waals surface area contributed by atoms with Crippen LogP contribution < -0.4 is 10.5 Å². The molecule has 0 aliphatic heterocycles. The lowest BCUT2D eigenvalue weighted by molar-refractivity contribution is -0.119. The van der Waals surface area contributed by atoms with E-state index in [4.69, 9.17) is 0 Å². The van der Waals surface area contributed by atoms with Gasteiger partial charge in [0.1, 0.15) is 5.82 Å². The Morgan fingerprint density at radius 3 is 2.52 bits per heavy atom. The maximum absolute atomic E-state index is 13.1. The maximum Gasteiger partial charge on any atom is 0.261 e. The molecule has 8 heteroatoms. The number of fused-ring (bicyclic) bond motifs is 1. The number of halogens is 3. The molecule has 0 unspecified atom stereocenters. The van der Waals surface area contributed by atoms with E-state index in [2.05, 4.69) is 4.98 Å². The second-order valence-electron chi connectivity index (χ2n) is 5.88. The predicted octanol–water partition coefficient (Wildman–Crippen LogP) is 3.22. The van der Waals surface area contributed by atoms with E-state index in [1.165, 1.54) is 23.0 Å². The highest BCUT2D eigenvalue weighted by Crippen LogP contribution is 2.18. The second kappa shape index (κ2) is 8.03. The first-order valence-electron chi connectivity index (χ1n) is 8.24. The van der Waals surface area contributed by atoms with E-state index in [1.807, 2.05) is 0 Å². The van der Waals surface area contributed by atoms with Crippen LogP contribution >= 0.6 is 0 Å². The Balaban J connectivity index is 1.79. The van der Waals surface area contributed by atoms with Crippen molar-refractivity contribution in [2.45, 2.75) is 19.4 Å². The molecule has 140 valence electrons. The summed E-state index contributed by atoms with van der Waals surface area (Å²) < 4.78 is 40.1. The van der Waals surface area contributed by atoms with Crippen LogP contribution in [0.4, 0.5) is 18.9 Å². The molecule has 0 radical (unpaired) electrons. The Kier molecular flexibility index (Phi) is 5.54. The number of aromatic nitrogens is 2. The van der Waals surface area contributed by atoms with E-state index in [0.717, 1.165) is 17.0 Å². The number of carbonyl (C=O) groups excluding carboxylic acids is 1. The molecule has 0 atom stereocenters. The summed E-state index contributed by atoms with van der Waals surface area (Å²) in [6.45, 7) is -0.814. The number of benzene rings is 2. The van der Waals surface area contributed by atoms with E-state index < -0.39 is 24.7 Å². The quantitative estimate of drug-likeness (QED) is 0.665. The van der Waals surface area contributed by atoms with Crippen molar-refractivity contribution in [3.63, 3.8) is 0 Å². The monoisotopic (exact) mass is 375 g/mol. The van der Waals surface area contributed by atoms with Crippen LogP contribution in [0.5, 0.6) is 0 Å². The third-order valence-corrected chi connectivity index (χ3v) is 4.06. The predicted molar refractivity (Wildman–Crippen MR) is 95.4 cm³/mol. The van der Waals surface area contributed by atoms with E-state index in [0.29, 0.717) is 10.9 Å². The number of anilines is 1. The molecule has 0 aliphatic rings. The average molecular weight is 375 g/mol. The minimum Gasteiger partial charge on any atom is -0.307 e. The summed E-state index contributed by atoms with van der Waals surface area (Å²) in [6.07, 6.45) is -1.60. The topological polar surface area (TPSA) is 55.2 Å². The van der Waals surface area contributed by atoms with Gasteiger partial charge in [0.2, 0.25) is 5.91 Å². The van der Waals surface area contributed by atoms with Crippen LogP contribution in [0.2, 0.25) is 0 Å². The fourth-order valence-corrected chi connectivity index (χ4v) is 2.73. The third kappa shape index (κ3) is 4.33. The molecular weight excluding hydrogens is 359 g/mol. The SMILES string of the molecule is O=C(CCn1cnc2ccccc2c1=O)N(CC(F)F)c1ccc(F)cc1. The molecule has 0 aliphatic carbocycles. The molecule has 2 aromatic carbocycles. The van der Waals surface area contributed by atoms with Gasteiger partial charge in [-0.3, -0.25) is 14.2 Å². The Hall–Kier alpha value is -3.16. The van der Waals surface area contributed by atoms with Crippen LogP contribution in [-0.4, -0.2) is 28.4 Å². The molecule has 27 heavy (non-hydrogen) atoms. The number of hydrogen-bond donors (Lipinski definition) is 0. The molecule has 0 fully saturated rings. The van der Waals surface area contributed by atoms with Crippen LogP contribution in [0.3, 0.4) is 0 Å². The zero-order valence-corrected chi connectivity index (χ0v) is 14.2. The minimum absolute atomic E-state index is 0.00354. The first kappa shape index (κ1) is 18.6. The van der Waals surface area contributed by atoms with Crippen LogP contribution in [0, 0.1) is 5.82 Å². The van der Waals surface area contributed by atoms with Crippen molar-refractivity contribution in [2.24, 2.45) is 0 Å². The summed E-state index contributed by atoms with van der Waals surface area (Å²) in [4.78, 5) is 30.0. The summed E-state index contributed by atoms with van der Waals surface area (Å²) in [6, 6.07) is 11.5. The number of carbonyl (C=O) groups is 1. The first-order valence-corrected chi connectivity index (χ1v) is 8.24. The number of nitrogens with zero attached hydrogens (tertiary/aromatic N) is 3. The summed E-state index contributed by atoms with van der Waals surface area (Å²) in [5, 5.41) is 0.412. The Bertz CT molecular complexity index is 1000. The molecule has 1 amide bonds. The van der Waals surface area contributed by atoms with Gasteiger partial charge in [0.25, 0.3) is 12.0 Å². The Morgan fingerprint density at radius 1 is 1.11 bits per heavy atom. The van der Waals surface area contributed by atoms with Gasteiger partial charge in [-0.25, -0.2) is 18.2 Å². The van der Waals surface area contributed by atoms with Gasteiger partial charge >= 0.3 is 0 Å². The standard InChI is InChI=1S/C19H16F3N3O2/c20-13-5-7-14(8-6-13)25(11-17(21)22)18(26)9-10-24-12-23-16-4-2-1-3-15(16)19(24)27/h1-8,12,17H,9-11H2. The summed E-state index contributed by atoms with van der Waals surface area (Å²) in [7, 11) is 0. The fraction of sp³-hybridized carbons (Fsp3) is 0.211. The molecule has 3 rings (SSSR count). The number of amides is 1. The highest BCUT2D eigenvalue weighted by Gasteiger charge is 2.20. The Morgan fingerprint density at radius 2 is 1.81 bits per heavy atom. The van der Waals surface area contributed by atoms with Crippen molar-refractivity contribution in [3.05, 3.63) is 71.0 Å². The number of alkyl halides is 2. The molecule has 0 saturated heterocycles. The van der Waals surface area contributed by atoms with Gasteiger partial charge in [-0.1, -0.05) is 12.1 Å². The van der Waals surface area contributed by atoms with Crippen molar-refractivity contribution in [2.75, 3.05) is 11.4 Å². The van der Waals surface area contributed by atoms with Gasteiger partial charge in [-0.15, -0.1) is 0 Å². The van der Waals surface area contributed by atoms with Gasteiger partial charge in [0, 0.05) is 18.7 Å². The van der Waals surface area contributed by atoms with Gasteiger partial charge in [0.15, 0.2) is 0 Å². The number of hydrogen-bond acceptors (Lipinski definition) is 3. The van der Waals surface area contributed by atoms with Gasteiger partial charge in [-0.05, 0) is 36.4 Å². The highest BCUT2D eigenvalue weighted by molar-refractivity contribution is 5.93. The number of rotatable bonds is 6. The van der Waals surface area contributed by atoms with Crippen molar-refractivity contribution in [1.29, 1.82) is 0 Å². The van der Waals surface area contributed by atoms with E-state index in [-0.39, 0.29) is 24.2 Å². The van der Waals surface area contributed by atoms with Crippen LogP contribution in [0.1, 0.15) is 6.42 Å². The van der Waals surface area contributed by atoms with Crippen LogP contribution in [0.15, 0.2) is 59.7 Å². The molecule has 0 saturated carbocycles. The second-order valence-corrected chi connectivity index (χ2v) is 5.88. The fourth-order valence-electron chi connectivity index (χ4n) is 2.73. The van der Waals surface area contributed by atoms with Crippen molar-refractivity contribution >= 4 is 22.5 Å². The zero-order chi connectivity index (χ0) is 19.4. The molecule has 3 aromatic rings. The normalized spacial score (nSPS) is 11.1. The number of aryl methyl sites for hydroxylation is 1. The van der Waals surface area contributed by atoms with Gasteiger partial charge < -0.3 is 4.90 Å².